The molecule has 3 atom stereocenters. The molecule has 106 valence electrons. The molecule has 19 heavy (non-hydrogen) atoms. The SMILES string of the molecule is COc1ccccc1C(C)NC1CCN(C)C(C)C1. The number of rotatable bonds is 4. The molecule has 0 aliphatic carbocycles. The van der Waals surface area contributed by atoms with Crippen LogP contribution >= 0.6 is 0 Å². The molecule has 1 aliphatic heterocycles. The van der Waals surface area contributed by atoms with Gasteiger partial charge < -0.3 is 15.0 Å². The maximum absolute atomic E-state index is 5.45. The van der Waals surface area contributed by atoms with Crippen LogP contribution < -0.4 is 10.1 Å². The van der Waals surface area contributed by atoms with Crippen LogP contribution in [0.25, 0.3) is 0 Å². The van der Waals surface area contributed by atoms with Crippen LogP contribution in [0, 0.1) is 0 Å². The summed E-state index contributed by atoms with van der Waals surface area (Å²) < 4.78 is 5.45. The van der Waals surface area contributed by atoms with E-state index in [0.717, 1.165) is 5.75 Å². The van der Waals surface area contributed by atoms with E-state index in [4.69, 9.17) is 4.74 Å². The molecule has 2 rings (SSSR count). The van der Waals surface area contributed by atoms with Crippen LogP contribution in [0.3, 0.4) is 0 Å². The normalized spacial score (nSPS) is 26.1. The van der Waals surface area contributed by atoms with Crippen molar-refractivity contribution in [1.29, 1.82) is 0 Å². The minimum Gasteiger partial charge on any atom is -0.496 e. The van der Waals surface area contributed by atoms with Crippen molar-refractivity contribution in [3.8, 4) is 5.75 Å². The summed E-state index contributed by atoms with van der Waals surface area (Å²) in [6, 6.07) is 9.87. The minimum absolute atomic E-state index is 0.330. The Bertz CT molecular complexity index is 407. The molecule has 3 nitrogen and oxygen atoms in total. The fourth-order valence-corrected chi connectivity index (χ4v) is 2.91. The van der Waals surface area contributed by atoms with Crippen molar-refractivity contribution in [2.45, 2.75) is 44.8 Å². The number of likely N-dealkylation sites (tertiary alicyclic amines) is 1. The van der Waals surface area contributed by atoms with Crippen molar-refractivity contribution in [2.24, 2.45) is 0 Å². The lowest BCUT2D eigenvalue weighted by Gasteiger charge is -2.37. The quantitative estimate of drug-likeness (QED) is 0.903. The molecule has 1 fully saturated rings. The van der Waals surface area contributed by atoms with Gasteiger partial charge in [-0.25, -0.2) is 0 Å². The van der Waals surface area contributed by atoms with Gasteiger partial charge in [-0.1, -0.05) is 18.2 Å². The molecule has 3 heteroatoms. The smallest absolute Gasteiger partial charge is 0.123 e. The lowest BCUT2D eigenvalue weighted by molar-refractivity contribution is 0.163. The Morgan fingerprint density at radius 3 is 2.79 bits per heavy atom. The molecule has 0 bridgehead atoms. The van der Waals surface area contributed by atoms with Crippen molar-refractivity contribution in [3.63, 3.8) is 0 Å². The number of hydrogen-bond donors (Lipinski definition) is 1. The summed E-state index contributed by atoms with van der Waals surface area (Å²) in [5.41, 5.74) is 1.25. The van der Waals surface area contributed by atoms with Crippen LogP contribution in [0.15, 0.2) is 24.3 Å². The van der Waals surface area contributed by atoms with Gasteiger partial charge in [0.25, 0.3) is 0 Å². The maximum atomic E-state index is 5.45. The van der Waals surface area contributed by atoms with E-state index in [1.807, 2.05) is 12.1 Å². The third kappa shape index (κ3) is 3.48. The minimum atomic E-state index is 0.330. The van der Waals surface area contributed by atoms with Crippen LogP contribution in [-0.2, 0) is 0 Å². The summed E-state index contributed by atoms with van der Waals surface area (Å²) in [6.07, 6.45) is 2.44. The summed E-state index contributed by atoms with van der Waals surface area (Å²) in [5.74, 6) is 0.975. The molecule has 0 radical (unpaired) electrons. The average Bonchev–Trinajstić information content (AvgIpc) is 2.43. The number of nitrogens with one attached hydrogen (secondary N) is 1. The molecule has 1 aromatic carbocycles. The average molecular weight is 262 g/mol. The standard InChI is InChI=1S/C16H26N2O/c1-12-11-14(9-10-18(12)3)17-13(2)15-7-5-6-8-16(15)19-4/h5-8,12-14,17H,9-11H2,1-4H3. The molecule has 1 N–H and O–H groups in total. The molecular weight excluding hydrogens is 236 g/mol. The van der Waals surface area contributed by atoms with E-state index in [0.29, 0.717) is 18.1 Å². The van der Waals surface area contributed by atoms with Crippen molar-refractivity contribution >= 4 is 0 Å². The van der Waals surface area contributed by atoms with E-state index in [1.165, 1.54) is 24.9 Å². The first-order valence-electron chi connectivity index (χ1n) is 7.21. The van der Waals surface area contributed by atoms with Crippen molar-refractivity contribution in [2.75, 3.05) is 20.7 Å². The number of ether oxygens (including phenoxy) is 1. The fourth-order valence-electron chi connectivity index (χ4n) is 2.91. The number of methoxy groups -OCH3 is 1. The van der Waals surface area contributed by atoms with Gasteiger partial charge in [-0.05, 0) is 46.3 Å². The summed E-state index contributed by atoms with van der Waals surface area (Å²) in [4.78, 5) is 2.44. The molecular formula is C16H26N2O. The summed E-state index contributed by atoms with van der Waals surface area (Å²) in [6.45, 7) is 5.71. The second kappa shape index (κ2) is 6.40. The predicted octanol–water partition coefficient (Wildman–Crippen LogP) is 2.83. The number of para-hydroxylation sites is 1. The van der Waals surface area contributed by atoms with Crippen LogP contribution in [0.5, 0.6) is 5.75 Å². The number of hydrogen-bond acceptors (Lipinski definition) is 3. The predicted molar refractivity (Wildman–Crippen MR) is 79.7 cm³/mol. The summed E-state index contributed by atoms with van der Waals surface area (Å²) in [7, 11) is 3.95. The van der Waals surface area contributed by atoms with Gasteiger partial charge >= 0.3 is 0 Å². The Labute approximate surface area is 116 Å². The van der Waals surface area contributed by atoms with Gasteiger partial charge in [0.1, 0.15) is 5.75 Å². The van der Waals surface area contributed by atoms with E-state index in [2.05, 4.69) is 43.2 Å². The highest BCUT2D eigenvalue weighted by molar-refractivity contribution is 5.35. The zero-order chi connectivity index (χ0) is 13.8. The van der Waals surface area contributed by atoms with Gasteiger partial charge in [-0.15, -0.1) is 0 Å². The van der Waals surface area contributed by atoms with Gasteiger partial charge in [0.2, 0.25) is 0 Å². The van der Waals surface area contributed by atoms with Crippen LogP contribution in [0.4, 0.5) is 0 Å². The molecule has 1 saturated heterocycles. The Balaban J connectivity index is 1.99. The lowest BCUT2D eigenvalue weighted by atomic mass is 9.97. The molecule has 1 heterocycles. The lowest BCUT2D eigenvalue weighted by Crippen LogP contribution is -2.46. The van der Waals surface area contributed by atoms with Crippen LogP contribution in [0.2, 0.25) is 0 Å². The number of piperidine rings is 1. The second-order valence-corrected chi connectivity index (χ2v) is 5.68. The van der Waals surface area contributed by atoms with Crippen LogP contribution in [0.1, 0.15) is 38.3 Å². The molecule has 0 aromatic heterocycles. The second-order valence-electron chi connectivity index (χ2n) is 5.68. The zero-order valence-electron chi connectivity index (χ0n) is 12.5. The van der Waals surface area contributed by atoms with E-state index in [1.54, 1.807) is 7.11 Å². The summed E-state index contributed by atoms with van der Waals surface area (Å²) >= 11 is 0. The zero-order valence-corrected chi connectivity index (χ0v) is 12.5. The first-order chi connectivity index (χ1) is 9.11. The summed E-state index contributed by atoms with van der Waals surface area (Å²) in [5, 5.41) is 3.75. The van der Waals surface area contributed by atoms with Crippen molar-refractivity contribution in [1.82, 2.24) is 10.2 Å². The van der Waals surface area contributed by atoms with Crippen LogP contribution in [-0.4, -0.2) is 37.7 Å². The Morgan fingerprint density at radius 1 is 1.37 bits per heavy atom. The first kappa shape index (κ1) is 14.4. The molecule has 3 unspecified atom stereocenters. The first-order valence-corrected chi connectivity index (χ1v) is 7.21. The molecule has 1 aromatic rings. The van der Waals surface area contributed by atoms with Crippen molar-refractivity contribution < 1.29 is 4.74 Å². The largest absolute Gasteiger partial charge is 0.496 e. The third-order valence-corrected chi connectivity index (χ3v) is 4.30. The monoisotopic (exact) mass is 262 g/mol. The highest BCUT2D eigenvalue weighted by Gasteiger charge is 2.24. The Kier molecular flexibility index (Phi) is 4.83. The third-order valence-electron chi connectivity index (χ3n) is 4.30. The van der Waals surface area contributed by atoms with Gasteiger partial charge in [-0.3, -0.25) is 0 Å². The van der Waals surface area contributed by atoms with E-state index in [-0.39, 0.29) is 0 Å². The van der Waals surface area contributed by atoms with Gasteiger partial charge in [0.15, 0.2) is 0 Å². The maximum Gasteiger partial charge on any atom is 0.123 e. The Morgan fingerprint density at radius 2 is 2.11 bits per heavy atom. The topological polar surface area (TPSA) is 24.5 Å². The number of nitrogens with zero attached hydrogens (tertiary/aromatic N) is 1. The molecule has 0 spiro atoms. The fraction of sp³-hybridized carbons (Fsp3) is 0.625. The molecule has 1 aliphatic rings. The Hall–Kier alpha value is -1.06. The van der Waals surface area contributed by atoms with E-state index < -0.39 is 0 Å². The highest BCUT2D eigenvalue weighted by Crippen LogP contribution is 2.26. The highest BCUT2D eigenvalue weighted by atomic mass is 16.5. The number of benzene rings is 1. The van der Waals surface area contributed by atoms with Crippen molar-refractivity contribution in [3.05, 3.63) is 29.8 Å². The van der Waals surface area contributed by atoms with Gasteiger partial charge in [0.05, 0.1) is 7.11 Å². The van der Waals surface area contributed by atoms with E-state index >= 15 is 0 Å². The van der Waals surface area contributed by atoms with Gasteiger partial charge in [0, 0.05) is 23.7 Å². The molecule has 0 saturated carbocycles. The van der Waals surface area contributed by atoms with Gasteiger partial charge in [-0.2, -0.15) is 0 Å². The molecule has 0 amide bonds. The van der Waals surface area contributed by atoms with E-state index in [9.17, 15) is 0 Å².